The van der Waals surface area contributed by atoms with Crippen molar-refractivity contribution < 1.29 is 18.4 Å². The molecule has 2 amide bonds. The lowest BCUT2D eigenvalue weighted by molar-refractivity contribution is -0.115. The van der Waals surface area contributed by atoms with Crippen molar-refractivity contribution in [1.29, 1.82) is 0 Å². The summed E-state index contributed by atoms with van der Waals surface area (Å²) in [7, 11) is 0. The Hall–Kier alpha value is -2.84. The first kappa shape index (κ1) is 18.9. The first-order valence-corrected chi connectivity index (χ1v) is 8.93. The summed E-state index contributed by atoms with van der Waals surface area (Å²) in [5.41, 5.74) is 1.17. The summed E-state index contributed by atoms with van der Waals surface area (Å²) in [4.78, 5) is 28.1. The number of rotatable bonds is 5. The van der Waals surface area contributed by atoms with E-state index in [1.807, 2.05) is 0 Å². The van der Waals surface area contributed by atoms with Gasteiger partial charge in [-0.15, -0.1) is 11.3 Å². The van der Waals surface area contributed by atoms with E-state index in [1.165, 1.54) is 11.3 Å². The smallest absolute Gasteiger partial charge is 0.254 e. The van der Waals surface area contributed by atoms with Gasteiger partial charge in [0.2, 0.25) is 5.91 Å². The summed E-state index contributed by atoms with van der Waals surface area (Å²) in [5.74, 6) is -3.13. The Bertz CT molecular complexity index is 993. The molecule has 0 radical (unpaired) electrons. The maximum atomic E-state index is 13.5. The molecule has 1 heterocycles. The Labute approximate surface area is 162 Å². The second-order valence-corrected chi connectivity index (χ2v) is 6.69. The Morgan fingerprint density at radius 2 is 1.85 bits per heavy atom. The summed E-state index contributed by atoms with van der Waals surface area (Å²) >= 11 is 7.07. The second-order valence-electron chi connectivity index (χ2n) is 5.40. The van der Waals surface area contributed by atoms with Gasteiger partial charge >= 0.3 is 0 Å². The first-order chi connectivity index (χ1) is 12.9. The number of amides is 2. The quantitative estimate of drug-likeness (QED) is 0.668. The third-order valence-corrected chi connectivity index (χ3v) is 4.49. The van der Waals surface area contributed by atoms with Crippen LogP contribution >= 0.6 is 22.9 Å². The third kappa shape index (κ3) is 4.87. The fraction of sp³-hybridized carbons (Fsp3) is 0.0556. The number of hydrogen-bond acceptors (Lipinski definition) is 4. The molecule has 3 rings (SSSR count). The van der Waals surface area contributed by atoms with Gasteiger partial charge in [0.25, 0.3) is 5.91 Å². The van der Waals surface area contributed by atoms with E-state index in [4.69, 9.17) is 11.6 Å². The highest BCUT2D eigenvalue weighted by molar-refractivity contribution is 7.14. The Kier molecular flexibility index (Phi) is 5.78. The van der Waals surface area contributed by atoms with E-state index in [9.17, 15) is 18.4 Å². The molecular weight excluding hydrogens is 396 g/mol. The van der Waals surface area contributed by atoms with Crippen LogP contribution in [0.25, 0.3) is 11.3 Å². The predicted molar refractivity (Wildman–Crippen MR) is 99.9 cm³/mol. The van der Waals surface area contributed by atoms with Crippen LogP contribution in [0.3, 0.4) is 0 Å². The number of hydrogen-bond donors (Lipinski definition) is 2. The molecule has 2 aromatic carbocycles. The molecule has 0 aliphatic rings. The van der Waals surface area contributed by atoms with Gasteiger partial charge in [-0.3, -0.25) is 9.59 Å². The van der Waals surface area contributed by atoms with Gasteiger partial charge in [0.05, 0.1) is 17.8 Å². The van der Waals surface area contributed by atoms with Gasteiger partial charge < -0.3 is 10.6 Å². The van der Waals surface area contributed by atoms with E-state index in [2.05, 4.69) is 15.6 Å². The normalized spacial score (nSPS) is 10.5. The van der Waals surface area contributed by atoms with Gasteiger partial charge in [0.1, 0.15) is 11.6 Å². The van der Waals surface area contributed by atoms with Gasteiger partial charge in [-0.05, 0) is 24.3 Å². The van der Waals surface area contributed by atoms with Gasteiger partial charge in [0.15, 0.2) is 5.13 Å². The molecule has 0 unspecified atom stereocenters. The molecule has 1 aromatic heterocycles. The SMILES string of the molecule is O=C(CNC(=O)c1ccc(F)cc1F)Nc1nc(-c2ccc(Cl)cc2)cs1. The van der Waals surface area contributed by atoms with Crippen LogP contribution in [0.2, 0.25) is 5.02 Å². The highest BCUT2D eigenvalue weighted by Crippen LogP contribution is 2.25. The topological polar surface area (TPSA) is 71.1 Å². The Morgan fingerprint density at radius 1 is 1.11 bits per heavy atom. The average molecular weight is 408 g/mol. The molecule has 5 nitrogen and oxygen atoms in total. The monoisotopic (exact) mass is 407 g/mol. The van der Waals surface area contributed by atoms with Gasteiger partial charge in [0, 0.05) is 22.0 Å². The van der Waals surface area contributed by atoms with E-state index in [0.717, 1.165) is 17.7 Å². The molecule has 0 aliphatic carbocycles. The van der Waals surface area contributed by atoms with Gasteiger partial charge in [-0.1, -0.05) is 23.7 Å². The highest BCUT2D eigenvalue weighted by atomic mass is 35.5. The number of nitrogens with zero attached hydrogens (tertiary/aromatic N) is 1. The number of nitrogens with one attached hydrogen (secondary N) is 2. The number of anilines is 1. The zero-order chi connectivity index (χ0) is 19.4. The van der Waals surface area contributed by atoms with Crippen molar-refractivity contribution in [2.24, 2.45) is 0 Å². The predicted octanol–water partition coefficient (Wildman–Crippen LogP) is 4.11. The van der Waals surface area contributed by atoms with Crippen LogP contribution in [0.4, 0.5) is 13.9 Å². The second kappa shape index (κ2) is 8.24. The third-order valence-electron chi connectivity index (χ3n) is 3.48. The van der Waals surface area contributed by atoms with Crippen molar-refractivity contribution in [2.45, 2.75) is 0 Å². The molecule has 0 aliphatic heterocycles. The molecule has 0 bridgehead atoms. The molecule has 27 heavy (non-hydrogen) atoms. The largest absolute Gasteiger partial charge is 0.343 e. The van der Waals surface area contributed by atoms with Crippen molar-refractivity contribution in [3.8, 4) is 11.3 Å². The van der Waals surface area contributed by atoms with Crippen LogP contribution in [-0.4, -0.2) is 23.3 Å². The fourth-order valence-corrected chi connectivity index (χ4v) is 3.04. The van der Waals surface area contributed by atoms with Crippen molar-refractivity contribution in [3.63, 3.8) is 0 Å². The zero-order valence-electron chi connectivity index (χ0n) is 13.6. The van der Waals surface area contributed by atoms with E-state index in [-0.39, 0.29) is 12.1 Å². The lowest BCUT2D eigenvalue weighted by atomic mass is 10.2. The minimum absolute atomic E-state index is 0.344. The molecule has 0 fully saturated rings. The maximum Gasteiger partial charge on any atom is 0.254 e. The number of carbonyl (C=O) groups excluding carboxylic acids is 2. The number of thiazole rings is 1. The number of halogens is 3. The molecular formula is C18H12ClF2N3O2S. The van der Waals surface area contributed by atoms with Crippen LogP contribution in [0.5, 0.6) is 0 Å². The number of aromatic nitrogens is 1. The molecule has 0 spiro atoms. The van der Waals surface area contributed by atoms with E-state index < -0.39 is 23.4 Å². The summed E-state index contributed by atoms with van der Waals surface area (Å²) in [6.45, 7) is -0.383. The fourth-order valence-electron chi connectivity index (χ4n) is 2.18. The van der Waals surface area contributed by atoms with E-state index in [1.54, 1.807) is 29.6 Å². The number of benzene rings is 2. The lowest BCUT2D eigenvalue weighted by Crippen LogP contribution is -2.33. The van der Waals surface area contributed by atoms with Gasteiger partial charge in [-0.25, -0.2) is 13.8 Å². The summed E-state index contributed by atoms with van der Waals surface area (Å²) in [6.07, 6.45) is 0. The van der Waals surface area contributed by atoms with Crippen molar-refractivity contribution in [2.75, 3.05) is 11.9 Å². The average Bonchev–Trinajstić information content (AvgIpc) is 3.08. The minimum Gasteiger partial charge on any atom is -0.343 e. The maximum absolute atomic E-state index is 13.5. The number of carbonyl (C=O) groups is 2. The summed E-state index contributed by atoms with van der Waals surface area (Å²) in [5, 5.41) is 7.55. The van der Waals surface area contributed by atoms with Crippen molar-refractivity contribution in [1.82, 2.24) is 10.3 Å². The zero-order valence-corrected chi connectivity index (χ0v) is 15.2. The standard InChI is InChI=1S/C18H12ClF2N3O2S/c19-11-3-1-10(2-4-11)15-9-27-18(23-15)24-16(25)8-22-17(26)13-6-5-12(20)7-14(13)21/h1-7,9H,8H2,(H,22,26)(H,23,24,25). The Morgan fingerprint density at radius 3 is 2.56 bits per heavy atom. The van der Waals surface area contributed by atoms with Crippen molar-refractivity contribution in [3.05, 3.63) is 70.1 Å². The van der Waals surface area contributed by atoms with Crippen LogP contribution in [-0.2, 0) is 4.79 Å². The molecule has 138 valence electrons. The van der Waals surface area contributed by atoms with Crippen LogP contribution < -0.4 is 10.6 Å². The molecule has 0 atom stereocenters. The molecule has 3 aromatic rings. The van der Waals surface area contributed by atoms with E-state index in [0.29, 0.717) is 21.9 Å². The van der Waals surface area contributed by atoms with E-state index >= 15 is 0 Å². The molecule has 0 saturated heterocycles. The lowest BCUT2D eigenvalue weighted by Gasteiger charge is -2.06. The van der Waals surface area contributed by atoms with Crippen molar-refractivity contribution >= 4 is 39.9 Å². The van der Waals surface area contributed by atoms with Gasteiger partial charge in [-0.2, -0.15) is 0 Å². The van der Waals surface area contributed by atoms with Crippen LogP contribution in [0.1, 0.15) is 10.4 Å². The molecule has 0 saturated carbocycles. The Balaban J connectivity index is 1.56. The molecule has 9 heteroatoms. The first-order valence-electron chi connectivity index (χ1n) is 7.67. The minimum atomic E-state index is -1.000. The highest BCUT2D eigenvalue weighted by Gasteiger charge is 2.14. The van der Waals surface area contributed by atoms with Crippen LogP contribution in [0.15, 0.2) is 47.8 Å². The molecule has 2 N–H and O–H groups in total. The summed E-state index contributed by atoms with van der Waals surface area (Å²) in [6, 6.07) is 9.66. The summed E-state index contributed by atoms with van der Waals surface area (Å²) < 4.78 is 26.4. The van der Waals surface area contributed by atoms with Crippen LogP contribution in [0, 0.1) is 11.6 Å².